The molecule has 0 saturated carbocycles. The van der Waals surface area contributed by atoms with Gasteiger partial charge in [0.25, 0.3) is 5.91 Å². The predicted molar refractivity (Wildman–Crippen MR) is 121 cm³/mol. The lowest BCUT2D eigenvalue weighted by Gasteiger charge is -2.33. The SMILES string of the molecule is Nc1c(-c2ccc(OC3CCN(C(=O)[C@H]4CCCO4)CC3)cc2)cnc2ccccc12. The Kier molecular flexibility index (Phi) is 5.47. The largest absolute Gasteiger partial charge is 0.490 e. The molecule has 2 aliphatic heterocycles. The van der Waals surface area contributed by atoms with Crippen LogP contribution in [0, 0.1) is 0 Å². The summed E-state index contributed by atoms with van der Waals surface area (Å²) in [5.41, 5.74) is 9.98. The number of pyridine rings is 1. The van der Waals surface area contributed by atoms with Gasteiger partial charge in [-0.1, -0.05) is 30.3 Å². The number of para-hydroxylation sites is 1. The zero-order valence-electron chi connectivity index (χ0n) is 17.5. The van der Waals surface area contributed by atoms with Gasteiger partial charge in [-0.3, -0.25) is 9.78 Å². The second-order valence-corrected chi connectivity index (χ2v) is 8.27. The number of fused-ring (bicyclic) bond motifs is 1. The summed E-state index contributed by atoms with van der Waals surface area (Å²) in [5.74, 6) is 0.974. The molecule has 2 aromatic carbocycles. The van der Waals surface area contributed by atoms with Crippen LogP contribution >= 0.6 is 0 Å². The summed E-state index contributed by atoms with van der Waals surface area (Å²) >= 11 is 0. The number of benzene rings is 2. The first kappa shape index (κ1) is 19.8. The highest BCUT2D eigenvalue weighted by Crippen LogP contribution is 2.32. The number of nitrogens with two attached hydrogens (primary N) is 1. The van der Waals surface area contributed by atoms with Gasteiger partial charge in [-0.05, 0) is 36.6 Å². The Balaban J connectivity index is 1.21. The third-order valence-corrected chi connectivity index (χ3v) is 6.24. The smallest absolute Gasteiger partial charge is 0.251 e. The molecule has 6 nitrogen and oxygen atoms in total. The number of nitrogen functional groups attached to an aromatic ring is 1. The van der Waals surface area contributed by atoms with Gasteiger partial charge in [0.2, 0.25) is 0 Å². The van der Waals surface area contributed by atoms with E-state index in [-0.39, 0.29) is 18.1 Å². The van der Waals surface area contributed by atoms with Crippen LogP contribution < -0.4 is 10.5 Å². The zero-order valence-corrected chi connectivity index (χ0v) is 17.5. The number of carbonyl (C=O) groups excluding carboxylic acids is 1. The molecular formula is C25H27N3O3. The fraction of sp³-hybridized carbons (Fsp3) is 0.360. The number of hydrogen-bond donors (Lipinski definition) is 1. The standard InChI is InChI=1S/C25H27N3O3/c26-24-20-4-1-2-5-22(20)27-16-21(24)17-7-9-18(10-8-17)31-19-11-13-28(14-12-19)25(29)23-6-3-15-30-23/h1-2,4-5,7-10,16,19,23H,3,6,11-15H2,(H2,26,27)/t23-/m1/s1. The number of nitrogens with zero attached hydrogens (tertiary/aromatic N) is 2. The van der Waals surface area contributed by atoms with Crippen LogP contribution in [-0.2, 0) is 9.53 Å². The van der Waals surface area contributed by atoms with Crippen LogP contribution in [0.5, 0.6) is 5.75 Å². The lowest BCUT2D eigenvalue weighted by molar-refractivity contribution is -0.142. The minimum Gasteiger partial charge on any atom is -0.490 e. The number of ether oxygens (including phenoxy) is 2. The quantitative estimate of drug-likeness (QED) is 0.693. The highest BCUT2D eigenvalue weighted by molar-refractivity contribution is 5.97. The molecule has 1 amide bonds. The van der Waals surface area contributed by atoms with E-state index in [1.54, 1.807) is 0 Å². The summed E-state index contributed by atoms with van der Waals surface area (Å²) in [6.45, 7) is 2.15. The summed E-state index contributed by atoms with van der Waals surface area (Å²) in [7, 11) is 0. The van der Waals surface area contributed by atoms with Gasteiger partial charge in [-0.15, -0.1) is 0 Å². The third kappa shape index (κ3) is 4.08. The summed E-state index contributed by atoms with van der Waals surface area (Å²) in [5, 5.41) is 0.963. The Morgan fingerprint density at radius 1 is 1.06 bits per heavy atom. The van der Waals surface area contributed by atoms with E-state index in [4.69, 9.17) is 15.2 Å². The Hall–Kier alpha value is -3.12. The van der Waals surface area contributed by atoms with Crippen molar-refractivity contribution in [3.8, 4) is 16.9 Å². The number of hydrogen-bond acceptors (Lipinski definition) is 5. The predicted octanol–water partition coefficient (Wildman–Crippen LogP) is 4.03. The van der Waals surface area contributed by atoms with Crippen LogP contribution in [0.1, 0.15) is 25.7 Å². The van der Waals surface area contributed by atoms with Crippen molar-refractivity contribution in [2.75, 3.05) is 25.4 Å². The molecule has 1 aromatic heterocycles. The summed E-state index contributed by atoms with van der Waals surface area (Å²) in [6, 6.07) is 15.9. The van der Waals surface area contributed by atoms with E-state index in [1.807, 2.05) is 59.6 Å². The van der Waals surface area contributed by atoms with Crippen LogP contribution in [0.2, 0.25) is 0 Å². The summed E-state index contributed by atoms with van der Waals surface area (Å²) in [4.78, 5) is 18.9. The van der Waals surface area contributed by atoms with E-state index in [1.165, 1.54) is 0 Å². The second-order valence-electron chi connectivity index (χ2n) is 8.27. The number of aromatic nitrogens is 1. The maximum atomic E-state index is 12.5. The van der Waals surface area contributed by atoms with Crippen molar-refractivity contribution < 1.29 is 14.3 Å². The van der Waals surface area contributed by atoms with Crippen LogP contribution in [0.25, 0.3) is 22.0 Å². The first-order valence-electron chi connectivity index (χ1n) is 11.0. The third-order valence-electron chi connectivity index (χ3n) is 6.24. The summed E-state index contributed by atoms with van der Waals surface area (Å²) < 4.78 is 11.7. The topological polar surface area (TPSA) is 77.7 Å². The molecule has 0 aliphatic carbocycles. The van der Waals surface area contributed by atoms with Crippen molar-refractivity contribution in [1.82, 2.24) is 9.88 Å². The monoisotopic (exact) mass is 417 g/mol. The number of piperidine rings is 1. The lowest BCUT2D eigenvalue weighted by atomic mass is 10.0. The van der Waals surface area contributed by atoms with Crippen molar-refractivity contribution in [2.24, 2.45) is 0 Å². The van der Waals surface area contributed by atoms with Gasteiger partial charge < -0.3 is 20.1 Å². The van der Waals surface area contributed by atoms with Crippen molar-refractivity contribution >= 4 is 22.5 Å². The Labute approximate surface area is 182 Å². The van der Waals surface area contributed by atoms with Gasteiger partial charge >= 0.3 is 0 Å². The number of rotatable bonds is 4. The number of carbonyl (C=O) groups is 1. The van der Waals surface area contributed by atoms with E-state index >= 15 is 0 Å². The van der Waals surface area contributed by atoms with E-state index in [0.717, 1.165) is 72.2 Å². The molecular weight excluding hydrogens is 390 g/mol. The average molecular weight is 418 g/mol. The van der Waals surface area contributed by atoms with Crippen LogP contribution in [0.4, 0.5) is 5.69 Å². The lowest BCUT2D eigenvalue weighted by Crippen LogP contribution is -2.45. The summed E-state index contributed by atoms with van der Waals surface area (Å²) in [6.07, 6.45) is 5.21. The molecule has 6 heteroatoms. The van der Waals surface area contributed by atoms with Crippen molar-refractivity contribution in [3.63, 3.8) is 0 Å². The van der Waals surface area contributed by atoms with Gasteiger partial charge in [-0.25, -0.2) is 0 Å². The van der Waals surface area contributed by atoms with E-state index in [9.17, 15) is 4.79 Å². The molecule has 2 N–H and O–H groups in total. The van der Waals surface area contributed by atoms with Gasteiger partial charge in [0.05, 0.1) is 11.2 Å². The van der Waals surface area contributed by atoms with Crippen LogP contribution in [-0.4, -0.2) is 47.7 Å². The minimum absolute atomic E-state index is 0.117. The van der Waals surface area contributed by atoms with Gasteiger partial charge in [0.1, 0.15) is 18.0 Å². The molecule has 3 heterocycles. The van der Waals surface area contributed by atoms with Gasteiger partial charge in [0.15, 0.2) is 0 Å². The van der Waals surface area contributed by atoms with E-state index < -0.39 is 0 Å². The second kappa shape index (κ2) is 8.55. The molecule has 2 saturated heterocycles. The fourth-order valence-electron chi connectivity index (χ4n) is 4.47. The van der Waals surface area contributed by atoms with Gasteiger partial charge in [0, 0.05) is 49.7 Å². The molecule has 160 valence electrons. The Morgan fingerprint density at radius 3 is 2.58 bits per heavy atom. The van der Waals surface area contributed by atoms with Crippen LogP contribution in [0.15, 0.2) is 54.7 Å². The van der Waals surface area contributed by atoms with E-state index in [0.29, 0.717) is 6.61 Å². The molecule has 5 rings (SSSR count). The van der Waals surface area contributed by atoms with Gasteiger partial charge in [-0.2, -0.15) is 0 Å². The van der Waals surface area contributed by atoms with Crippen molar-refractivity contribution in [2.45, 2.75) is 37.9 Å². The van der Waals surface area contributed by atoms with Crippen molar-refractivity contribution in [1.29, 1.82) is 0 Å². The fourth-order valence-corrected chi connectivity index (χ4v) is 4.47. The molecule has 0 bridgehead atoms. The molecule has 0 radical (unpaired) electrons. The molecule has 31 heavy (non-hydrogen) atoms. The molecule has 0 unspecified atom stereocenters. The first-order chi connectivity index (χ1) is 15.2. The number of anilines is 1. The maximum absolute atomic E-state index is 12.5. The Bertz CT molecular complexity index is 1070. The number of likely N-dealkylation sites (tertiary alicyclic amines) is 1. The molecule has 2 aliphatic rings. The highest BCUT2D eigenvalue weighted by Gasteiger charge is 2.31. The van der Waals surface area contributed by atoms with Crippen LogP contribution in [0.3, 0.4) is 0 Å². The highest BCUT2D eigenvalue weighted by atomic mass is 16.5. The minimum atomic E-state index is -0.234. The Morgan fingerprint density at radius 2 is 1.84 bits per heavy atom. The molecule has 1 atom stereocenters. The average Bonchev–Trinajstić information content (AvgIpc) is 3.35. The molecule has 0 spiro atoms. The molecule has 2 fully saturated rings. The zero-order chi connectivity index (χ0) is 21.2. The first-order valence-corrected chi connectivity index (χ1v) is 11.0. The maximum Gasteiger partial charge on any atom is 0.251 e. The van der Waals surface area contributed by atoms with Crippen molar-refractivity contribution in [3.05, 3.63) is 54.7 Å². The van der Waals surface area contributed by atoms with E-state index in [2.05, 4.69) is 4.98 Å². The normalized spacial score (nSPS) is 19.6. The number of amides is 1. The molecule has 3 aromatic rings.